The van der Waals surface area contributed by atoms with Crippen molar-refractivity contribution in [3.8, 4) is 0 Å². The molecule has 5 rings (SSSR count). The molecule has 1 aliphatic carbocycles. The molecule has 2 aromatic rings. The number of halogens is 1. The molecule has 0 spiro atoms. The van der Waals surface area contributed by atoms with Crippen molar-refractivity contribution in [2.24, 2.45) is 17.4 Å². The lowest BCUT2D eigenvalue weighted by Gasteiger charge is -2.27. The van der Waals surface area contributed by atoms with E-state index in [2.05, 4.69) is 11.8 Å². The zero-order chi connectivity index (χ0) is 22.9. The molecule has 4 heterocycles. The number of likely N-dealkylation sites (tertiary alicyclic amines) is 1. The second-order valence-electron chi connectivity index (χ2n) is 9.80. The maximum Gasteiger partial charge on any atom is 0.341 e. The van der Waals surface area contributed by atoms with E-state index in [1.54, 1.807) is 0 Å². The molecule has 0 amide bonds. The predicted molar refractivity (Wildman–Crippen MR) is 120 cm³/mol. The molecular formula is C23H30FN5O3. The van der Waals surface area contributed by atoms with Crippen LogP contribution in [0, 0.1) is 18.7 Å². The van der Waals surface area contributed by atoms with Crippen LogP contribution in [0.4, 0.5) is 10.1 Å². The number of aromatic carboxylic acids is 1. The molecule has 0 bridgehead atoms. The highest BCUT2D eigenvalue weighted by atomic mass is 19.1. The zero-order valence-corrected chi connectivity index (χ0v) is 18.4. The van der Waals surface area contributed by atoms with Crippen molar-refractivity contribution >= 4 is 17.2 Å². The molecule has 172 valence electrons. The Morgan fingerprint density at radius 3 is 2.47 bits per heavy atom. The number of hydrogen-bond acceptors (Lipinski definition) is 6. The third-order valence-electron chi connectivity index (χ3n) is 7.51. The van der Waals surface area contributed by atoms with E-state index in [1.807, 2.05) is 11.8 Å². The number of aryl methyl sites for hydroxylation is 1. The van der Waals surface area contributed by atoms with Gasteiger partial charge in [-0.1, -0.05) is 6.92 Å². The summed E-state index contributed by atoms with van der Waals surface area (Å²) >= 11 is 0. The van der Waals surface area contributed by atoms with E-state index in [0.717, 1.165) is 37.7 Å². The number of carboxylic acids is 1. The Morgan fingerprint density at radius 2 is 1.88 bits per heavy atom. The lowest BCUT2D eigenvalue weighted by molar-refractivity contribution is 0.0694. The number of anilines is 1. The second-order valence-corrected chi connectivity index (χ2v) is 9.80. The number of hydrogen-bond donors (Lipinski definition) is 3. The van der Waals surface area contributed by atoms with Crippen molar-refractivity contribution in [3.05, 3.63) is 45.1 Å². The highest BCUT2D eigenvalue weighted by Gasteiger charge is 2.41. The van der Waals surface area contributed by atoms with Gasteiger partial charge in [0.2, 0.25) is 0 Å². The van der Waals surface area contributed by atoms with Crippen LogP contribution in [-0.2, 0) is 0 Å². The lowest BCUT2D eigenvalue weighted by atomic mass is 10.0. The van der Waals surface area contributed by atoms with Gasteiger partial charge in [-0.05, 0) is 48.8 Å². The summed E-state index contributed by atoms with van der Waals surface area (Å²) in [5, 5.41) is 9.47. The van der Waals surface area contributed by atoms with Crippen LogP contribution in [0.5, 0.6) is 0 Å². The highest BCUT2D eigenvalue weighted by molar-refractivity contribution is 5.89. The maximum absolute atomic E-state index is 15.4. The van der Waals surface area contributed by atoms with Crippen LogP contribution in [-0.4, -0.2) is 64.7 Å². The van der Waals surface area contributed by atoms with E-state index < -0.39 is 17.3 Å². The van der Waals surface area contributed by atoms with Crippen molar-refractivity contribution < 1.29 is 14.3 Å². The number of rotatable bonds is 4. The molecule has 32 heavy (non-hydrogen) atoms. The summed E-state index contributed by atoms with van der Waals surface area (Å²) in [6, 6.07) is 1.55. The lowest BCUT2D eigenvalue weighted by Crippen LogP contribution is -2.46. The van der Waals surface area contributed by atoms with Crippen LogP contribution in [0.15, 0.2) is 17.1 Å². The summed E-state index contributed by atoms with van der Waals surface area (Å²) in [6.07, 6.45) is 3.01. The standard InChI is InChI=1S/C23H30FN5O3/c1-11-6-27(8-17(11)25)19-10-28(9-18(19)26)21-12(2)20-14(13-3-4-13)5-15(23(31)32)22(30)29(20)7-16(21)24/h5,7,11,13,17-19H,3-4,6,8-10,25-26H2,1-2H3,(H,31,32)/t11-,17+,18?,19?/m1/s1. The van der Waals surface area contributed by atoms with Crippen LogP contribution in [0.25, 0.3) is 5.52 Å². The van der Waals surface area contributed by atoms with E-state index in [9.17, 15) is 14.7 Å². The molecule has 9 heteroatoms. The van der Waals surface area contributed by atoms with E-state index >= 15 is 4.39 Å². The smallest absolute Gasteiger partial charge is 0.341 e. The minimum Gasteiger partial charge on any atom is -0.477 e. The molecule has 0 radical (unpaired) electrons. The number of carbonyl (C=O) groups is 1. The Balaban J connectivity index is 1.58. The Bertz CT molecular complexity index is 1150. The van der Waals surface area contributed by atoms with Crippen LogP contribution < -0.4 is 21.9 Å². The van der Waals surface area contributed by atoms with Crippen molar-refractivity contribution in [1.82, 2.24) is 9.30 Å². The molecule has 3 aliphatic rings. The number of pyridine rings is 2. The van der Waals surface area contributed by atoms with Crippen LogP contribution in [0.2, 0.25) is 0 Å². The molecule has 2 saturated heterocycles. The number of fused-ring (bicyclic) bond motifs is 1. The summed E-state index contributed by atoms with van der Waals surface area (Å²) in [5.41, 5.74) is 14.2. The highest BCUT2D eigenvalue weighted by Crippen LogP contribution is 2.44. The molecule has 5 N–H and O–H groups in total. The summed E-state index contributed by atoms with van der Waals surface area (Å²) in [7, 11) is 0. The number of carboxylic acid groups (broad SMARTS) is 1. The number of nitrogens with two attached hydrogens (primary N) is 2. The van der Waals surface area contributed by atoms with Gasteiger partial charge in [-0.3, -0.25) is 14.1 Å². The second kappa shape index (κ2) is 7.54. The first-order valence-corrected chi connectivity index (χ1v) is 11.3. The largest absolute Gasteiger partial charge is 0.477 e. The normalized spacial score (nSPS) is 28.7. The molecule has 4 atom stereocenters. The van der Waals surface area contributed by atoms with Crippen molar-refractivity contribution in [1.29, 1.82) is 0 Å². The average molecular weight is 444 g/mol. The van der Waals surface area contributed by atoms with Crippen LogP contribution in [0.1, 0.15) is 47.2 Å². The van der Waals surface area contributed by atoms with E-state index in [-0.39, 0.29) is 29.6 Å². The monoisotopic (exact) mass is 443 g/mol. The summed E-state index contributed by atoms with van der Waals surface area (Å²) < 4.78 is 16.6. The number of nitrogens with zero attached hydrogens (tertiary/aromatic N) is 3. The molecular weight excluding hydrogens is 413 g/mol. The Kier molecular flexibility index (Phi) is 5.03. The average Bonchev–Trinajstić information content (AvgIpc) is 3.42. The quantitative estimate of drug-likeness (QED) is 0.648. The van der Waals surface area contributed by atoms with E-state index in [0.29, 0.717) is 35.8 Å². The summed E-state index contributed by atoms with van der Waals surface area (Å²) in [4.78, 5) is 28.7. The predicted octanol–water partition coefficient (Wildman–Crippen LogP) is 1.12. The topological polar surface area (TPSA) is 117 Å². The third-order valence-corrected chi connectivity index (χ3v) is 7.51. The van der Waals surface area contributed by atoms with Gasteiger partial charge in [-0.15, -0.1) is 0 Å². The molecule has 3 fully saturated rings. The van der Waals surface area contributed by atoms with E-state index in [4.69, 9.17) is 11.5 Å². The fraction of sp³-hybridized carbons (Fsp3) is 0.565. The van der Waals surface area contributed by atoms with Crippen molar-refractivity contribution in [2.45, 2.75) is 50.7 Å². The third kappa shape index (κ3) is 3.30. The zero-order valence-electron chi connectivity index (χ0n) is 18.4. The molecule has 2 aromatic heterocycles. The van der Waals surface area contributed by atoms with Crippen molar-refractivity contribution in [3.63, 3.8) is 0 Å². The van der Waals surface area contributed by atoms with Gasteiger partial charge >= 0.3 is 5.97 Å². The Labute approximate surface area is 185 Å². The fourth-order valence-electron chi connectivity index (χ4n) is 5.57. The SMILES string of the molecule is Cc1c(N2CC(N)C(N3C[C@@H](C)[C@@H](N)C3)C2)c(F)cn2c(=O)c(C(=O)O)cc(C3CC3)c12. The van der Waals surface area contributed by atoms with Crippen LogP contribution in [0.3, 0.4) is 0 Å². The van der Waals surface area contributed by atoms with Gasteiger partial charge in [0, 0.05) is 44.3 Å². The van der Waals surface area contributed by atoms with Gasteiger partial charge in [0.05, 0.1) is 17.4 Å². The fourth-order valence-corrected chi connectivity index (χ4v) is 5.57. The van der Waals surface area contributed by atoms with Gasteiger partial charge < -0.3 is 21.5 Å². The first-order valence-electron chi connectivity index (χ1n) is 11.3. The van der Waals surface area contributed by atoms with Gasteiger partial charge in [-0.2, -0.15) is 0 Å². The van der Waals surface area contributed by atoms with E-state index in [1.165, 1.54) is 10.5 Å². The summed E-state index contributed by atoms with van der Waals surface area (Å²) in [6.45, 7) is 6.71. The first-order chi connectivity index (χ1) is 15.2. The number of aromatic nitrogens is 1. The first kappa shape index (κ1) is 21.4. The molecule has 2 aliphatic heterocycles. The van der Waals surface area contributed by atoms with Gasteiger partial charge in [0.1, 0.15) is 5.56 Å². The molecule has 0 aromatic carbocycles. The Morgan fingerprint density at radius 1 is 1.16 bits per heavy atom. The van der Waals surface area contributed by atoms with Gasteiger partial charge in [0.25, 0.3) is 5.56 Å². The van der Waals surface area contributed by atoms with Gasteiger partial charge in [-0.25, -0.2) is 9.18 Å². The summed E-state index contributed by atoms with van der Waals surface area (Å²) in [5.74, 6) is -1.24. The molecule has 2 unspecified atom stereocenters. The minimum absolute atomic E-state index is 0.0838. The van der Waals surface area contributed by atoms with Gasteiger partial charge in [0.15, 0.2) is 5.82 Å². The Hall–Kier alpha value is -2.49. The van der Waals surface area contributed by atoms with Crippen LogP contribution >= 0.6 is 0 Å². The molecule has 1 saturated carbocycles. The minimum atomic E-state index is -1.29. The molecule has 8 nitrogen and oxygen atoms in total. The maximum atomic E-state index is 15.4. The van der Waals surface area contributed by atoms with Crippen molar-refractivity contribution in [2.75, 3.05) is 31.1 Å².